The predicted octanol–water partition coefficient (Wildman–Crippen LogP) is 4.62. The maximum absolute atomic E-state index is 10.7. The Labute approximate surface area is 220 Å². The van der Waals surface area contributed by atoms with Crippen molar-refractivity contribution in [2.45, 2.75) is 44.8 Å². The lowest BCUT2D eigenvalue weighted by atomic mass is 9.89. The van der Waals surface area contributed by atoms with Crippen LogP contribution in [0.25, 0.3) is 22.6 Å². The van der Waals surface area contributed by atoms with E-state index in [1.807, 2.05) is 38.1 Å². The first kappa shape index (κ1) is 24.6. The van der Waals surface area contributed by atoms with E-state index in [1.165, 1.54) is 5.56 Å². The van der Waals surface area contributed by atoms with E-state index in [1.54, 1.807) is 6.07 Å². The number of aliphatic hydroxyl groups is 1. The molecule has 38 heavy (non-hydrogen) atoms. The summed E-state index contributed by atoms with van der Waals surface area (Å²) in [7, 11) is 0. The van der Waals surface area contributed by atoms with E-state index in [0.717, 1.165) is 42.8 Å². The van der Waals surface area contributed by atoms with Gasteiger partial charge in [-0.3, -0.25) is 0 Å². The fourth-order valence-corrected chi connectivity index (χ4v) is 4.98. The van der Waals surface area contributed by atoms with Crippen LogP contribution in [-0.2, 0) is 0 Å². The lowest BCUT2D eigenvalue weighted by Gasteiger charge is -2.33. The van der Waals surface area contributed by atoms with Crippen molar-refractivity contribution in [1.29, 1.82) is 0 Å². The van der Waals surface area contributed by atoms with Gasteiger partial charge in [-0.1, -0.05) is 17.2 Å². The number of benzene rings is 2. The highest BCUT2D eigenvalue weighted by molar-refractivity contribution is 5.87. The van der Waals surface area contributed by atoms with Gasteiger partial charge in [-0.05, 0) is 75.5 Å². The molecule has 0 saturated carbocycles. The van der Waals surface area contributed by atoms with Crippen molar-refractivity contribution in [3.05, 3.63) is 48.0 Å². The second-order valence-electron chi connectivity index (χ2n) is 9.97. The summed E-state index contributed by atoms with van der Waals surface area (Å²) in [5.41, 5.74) is 1.91. The summed E-state index contributed by atoms with van der Waals surface area (Å²) in [6.07, 6.45) is 1.46. The van der Waals surface area contributed by atoms with Crippen LogP contribution in [0.15, 0.2) is 51.3 Å². The third-order valence-corrected chi connectivity index (χ3v) is 6.83. The van der Waals surface area contributed by atoms with Crippen LogP contribution in [-0.4, -0.2) is 65.4 Å². The lowest BCUT2D eigenvalue weighted by molar-refractivity contribution is 0.0599. The molecule has 0 amide bonds. The second-order valence-corrected chi connectivity index (χ2v) is 9.97. The number of aromatic nitrogens is 2. The Balaban J connectivity index is 1.03. The molecule has 200 valence electrons. The molecule has 0 spiro atoms. The van der Waals surface area contributed by atoms with Gasteiger partial charge in [0.15, 0.2) is 17.3 Å². The van der Waals surface area contributed by atoms with Crippen molar-refractivity contribution < 1.29 is 32.9 Å². The minimum absolute atomic E-state index is 0.0770. The van der Waals surface area contributed by atoms with Gasteiger partial charge in [-0.25, -0.2) is 0 Å². The first-order valence-corrected chi connectivity index (χ1v) is 13.0. The van der Waals surface area contributed by atoms with E-state index in [-0.39, 0.29) is 24.7 Å². The minimum Gasteiger partial charge on any atom is -0.490 e. The number of fused-ring (bicyclic) bond motifs is 2. The van der Waals surface area contributed by atoms with Crippen LogP contribution < -0.4 is 18.9 Å². The summed E-state index contributed by atoms with van der Waals surface area (Å²) in [6.45, 7) is 6.63. The SMILES string of the molecule is CC(C)Oc1nnc(-c2cc3c(OCC(O)CN4CCC(c5ccc6c(c5)OCO6)CC4)cccc3o2)o1. The molecule has 0 bridgehead atoms. The first-order chi connectivity index (χ1) is 18.5. The Morgan fingerprint density at radius 3 is 2.71 bits per heavy atom. The number of rotatable bonds is 9. The quantitative estimate of drug-likeness (QED) is 0.335. The van der Waals surface area contributed by atoms with Crippen LogP contribution in [0.2, 0.25) is 0 Å². The average molecular weight is 522 g/mol. The average Bonchev–Trinajstić information content (AvgIpc) is 3.66. The number of ether oxygens (including phenoxy) is 4. The molecule has 4 heterocycles. The van der Waals surface area contributed by atoms with E-state index in [2.05, 4.69) is 27.2 Å². The van der Waals surface area contributed by atoms with Gasteiger partial charge >= 0.3 is 6.08 Å². The number of aliphatic hydroxyl groups excluding tert-OH is 1. The molecule has 0 radical (unpaired) electrons. The fraction of sp³-hybridized carbons (Fsp3) is 0.429. The molecule has 2 aliphatic heterocycles. The van der Waals surface area contributed by atoms with Crippen LogP contribution >= 0.6 is 0 Å². The van der Waals surface area contributed by atoms with Crippen LogP contribution in [0.1, 0.15) is 38.2 Å². The Bertz CT molecular complexity index is 1390. The molecule has 1 saturated heterocycles. The van der Waals surface area contributed by atoms with Gasteiger partial charge in [0.05, 0.1) is 11.5 Å². The summed E-state index contributed by atoms with van der Waals surface area (Å²) in [5, 5.41) is 19.4. The molecule has 1 unspecified atom stereocenters. The van der Waals surface area contributed by atoms with Gasteiger partial charge in [-0.15, -0.1) is 5.10 Å². The molecular weight excluding hydrogens is 490 g/mol. The number of furan rings is 1. The van der Waals surface area contributed by atoms with Gasteiger partial charge in [0.25, 0.3) is 5.89 Å². The van der Waals surface area contributed by atoms with E-state index in [4.69, 9.17) is 27.8 Å². The van der Waals surface area contributed by atoms with Crippen LogP contribution in [0, 0.1) is 0 Å². The third kappa shape index (κ3) is 5.27. The summed E-state index contributed by atoms with van der Waals surface area (Å²) in [4.78, 5) is 2.29. The molecule has 10 heteroatoms. The summed E-state index contributed by atoms with van der Waals surface area (Å²) >= 11 is 0. The second kappa shape index (κ2) is 10.5. The number of hydrogen-bond donors (Lipinski definition) is 1. The standard InChI is InChI=1S/C28H31N3O7/c1-17(2)36-28-30-29-27(38-28)26-13-21-22(4-3-5-23(21)37-26)33-15-20(32)14-31-10-8-18(9-11-31)19-6-7-24-25(12-19)35-16-34-24/h3-7,12-13,17-18,20,32H,8-11,14-16H2,1-2H3. The lowest BCUT2D eigenvalue weighted by Crippen LogP contribution is -2.40. The van der Waals surface area contributed by atoms with Gasteiger partial charge in [0.2, 0.25) is 6.79 Å². The Hall–Kier alpha value is -3.76. The van der Waals surface area contributed by atoms with E-state index in [0.29, 0.717) is 36.3 Å². The zero-order chi connectivity index (χ0) is 26.1. The molecule has 2 aromatic carbocycles. The van der Waals surface area contributed by atoms with Crippen molar-refractivity contribution in [3.63, 3.8) is 0 Å². The Morgan fingerprint density at radius 2 is 1.87 bits per heavy atom. The molecular formula is C28H31N3O7. The van der Waals surface area contributed by atoms with E-state index < -0.39 is 6.10 Å². The number of β-amino-alcohol motifs (C(OH)–C–C–N with tert-alkyl or cyclic N) is 1. The van der Waals surface area contributed by atoms with Gasteiger partial charge < -0.3 is 37.8 Å². The van der Waals surface area contributed by atoms with Crippen LogP contribution in [0.5, 0.6) is 23.3 Å². The van der Waals surface area contributed by atoms with Gasteiger partial charge in [0, 0.05) is 12.6 Å². The molecule has 2 aromatic heterocycles. The number of hydrogen-bond acceptors (Lipinski definition) is 10. The smallest absolute Gasteiger partial charge is 0.415 e. The summed E-state index contributed by atoms with van der Waals surface area (Å²) in [5.74, 6) is 3.40. The molecule has 1 N–H and O–H groups in total. The third-order valence-electron chi connectivity index (χ3n) is 6.83. The highest BCUT2D eigenvalue weighted by Gasteiger charge is 2.25. The van der Waals surface area contributed by atoms with Crippen molar-refractivity contribution in [1.82, 2.24) is 15.1 Å². The molecule has 2 aliphatic rings. The summed E-state index contributed by atoms with van der Waals surface area (Å²) in [6, 6.07) is 13.6. The summed E-state index contributed by atoms with van der Waals surface area (Å²) < 4.78 is 33.8. The zero-order valence-corrected chi connectivity index (χ0v) is 21.5. The topological polar surface area (TPSA) is 112 Å². The molecule has 6 rings (SSSR count). The predicted molar refractivity (Wildman–Crippen MR) is 138 cm³/mol. The monoisotopic (exact) mass is 521 g/mol. The van der Waals surface area contributed by atoms with Gasteiger partial charge in [0.1, 0.15) is 24.0 Å². The van der Waals surface area contributed by atoms with Crippen molar-refractivity contribution in [2.24, 2.45) is 0 Å². The highest BCUT2D eigenvalue weighted by Crippen LogP contribution is 2.37. The number of piperidine rings is 1. The van der Waals surface area contributed by atoms with Gasteiger partial charge in [-0.2, -0.15) is 0 Å². The molecule has 10 nitrogen and oxygen atoms in total. The normalized spacial score (nSPS) is 16.8. The largest absolute Gasteiger partial charge is 0.490 e. The molecule has 1 atom stereocenters. The Morgan fingerprint density at radius 1 is 1.03 bits per heavy atom. The van der Waals surface area contributed by atoms with Crippen molar-refractivity contribution >= 4 is 11.0 Å². The van der Waals surface area contributed by atoms with Crippen LogP contribution in [0.3, 0.4) is 0 Å². The van der Waals surface area contributed by atoms with E-state index >= 15 is 0 Å². The highest BCUT2D eigenvalue weighted by atomic mass is 16.7. The molecule has 0 aliphatic carbocycles. The molecule has 4 aromatic rings. The number of nitrogens with zero attached hydrogens (tertiary/aromatic N) is 3. The maximum atomic E-state index is 10.7. The fourth-order valence-electron chi connectivity index (χ4n) is 4.98. The van der Waals surface area contributed by atoms with Crippen LogP contribution in [0.4, 0.5) is 0 Å². The zero-order valence-electron chi connectivity index (χ0n) is 21.5. The Kier molecular flexibility index (Phi) is 6.82. The van der Waals surface area contributed by atoms with Crippen molar-refractivity contribution in [3.8, 4) is 35.0 Å². The first-order valence-electron chi connectivity index (χ1n) is 13.0. The van der Waals surface area contributed by atoms with E-state index in [9.17, 15) is 5.11 Å². The number of likely N-dealkylation sites (tertiary alicyclic amines) is 1. The maximum Gasteiger partial charge on any atom is 0.415 e. The minimum atomic E-state index is -0.620. The van der Waals surface area contributed by atoms with Crippen molar-refractivity contribution in [2.75, 3.05) is 33.0 Å². The molecule has 1 fully saturated rings.